The molecule has 0 heterocycles. The summed E-state index contributed by atoms with van der Waals surface area (Å²) >= 11 is 0. The summed E-state index contributed by atoms with van der Waals surface area (Å²) in [5.74, 6) is 0. The topological polar surface area (TPSA) is 0 Å². The highest BCUT2D eigenvalue weighted by molar-refractivity contribution is 4.75. The van der Waals surface area contributed by atoms with Gasteiger partial charge in [-0.3, -0.25) is 0 Å². The zero-order chi connectivity index (χ0) is 7.91. The van der Waals surface area contributed by atoms with E-state index < -0.39 is 6.18 Å². The van der Waals surface area contributed by atoms with Crippen LogP contribution in [0.5, 0.6) is 0 Å². The summed E-state index contributed by atoms with van der Waals surface area (Å²) in [7, 11) is 0. The minimum absolute atomic E-state index is 0.0625. The highest BCUT2D eigenvalue weighted by Gasteiger charge is 2.19. The van der Waals surface area contributed by atoms with Crippen molar-refractivity contribution >= 4 is 0 Å². The molecule has 0 spiro atoms. The molecule has 0 aliphatic rings. The Morgan fingerprint density at radius 3 is 1.44 bits per heavy atom. The Morgan fingerprint density at radius 2 is 1.44 bits per heavy atom. The predicted octanol–water partition coefficient (Wildman–Crippen LogP) is 3.15. The number of hydrogen-bond acceptors (Lipinski definition) is 0. The third-order valence-corrected chi connectivity index (χ3v) is 0.231. The zero-order valence-electron chi connectivity index (χ0n) is 5.63. The lowest BCUT2D eigenvalue weighted by Gasteiger charge is -1.91. The molecule has 0 radical (unpaired) electrons. The van der Waals surface area contributed by atoms with Gasteiger partial charge in [-0.2, -0.15) is 13.2 Å². The number of hydrogen-bond donors (Lipinski definition) is 0. The summed E-state index contributed by atoms with van der Waals surface area (Å²) in [4.78, 5) is 0. The van der Waals surface area contributed by atoms with Crippen LogP contribution in [-0.4, -0.2) is 6.18 Å². The Labute approximate surface area is 53.4 Å². The van der Waals surface area contributed by atoms with E-state index in [0.29, 0.717) is 0 Å². The highest BCUT2D eigenvalue weighted by Crippen LogP contribution is 2.13. The van der Waals surface area contributed by atoms with Crippen LogP contribution in [0.4, 0.5) is 13.2 Å². The van der Waals surface area contributed by atoms with Crippen LogP contribution >= 0.6 is 0 Å². The van der Waals surface area contributed by atoms with Gasteiger partial charge in [0.1, 0.15) is 0 Å². The first-order valence-electron chi connectivity index (χ1n) is 2.68. The van der Waals surface area contributed by atoms with Crippen LogP contribution in [0.15, 0.2) is 12.7 Å². The van der Waals surface area contributed by atoms with Gasteiger partial charge in [0, 0.05) is 6.08 Å². The molecule has 3 heteroatoms. The summed E-state index contributed by atoms with van der Waals surface area (Å²) in [6.07, 6.45) is -3.01. The lowest BCUT2D eigenvalue weighted by Crippen LogP contribution is -1.98. The summed E-state index contributed by atoms with van der Waals surface area (Å²) < 4.78 is 32.0. The van der Waals surface area contributed by atoms with Crippen molar-refractivity contribution in [2.24, 2.45) is 0 Å². The van der Waals surface area contributed by atoms with E-state index in [0.717, 1.165) is 0 Å². The molecule has 9 heavy (non-hydrogen) atoms. The van der Waals surface area contributed by atoms with Gasteiger partial charge in [-0.05, 0) is 0 Å². The molecule has 0 amide bonds. The van der Waals surface area contributed by atoms with Gasteiger partial charge < -0.3 is 0 Å². The molecule has 0 fully saturated rings. The molecule has 0 unspecified atom stereocenters. The normalized spacial score (nSPS) is 9.44. The molecular formula is C6H11F3. The van der Waals surface area contributed by atoms with E-state index >= 15 is 0 Å². The van der Waals surface area contributed by atoms with Crippen LogP contribution in [0.3, 0.4) is 0 Å². The second-order valence-electron chi connectivity index (χ2n) is 1.45. The molecule has 0 aromatic heterocycles. The van der Waals surface area contributed by atoms with Crippen molar-refractivity contribution in [1.82, 2.24) is 0 Å². The van der Waals surface area contributed by atoms with Gasteiger partial charge in [0.15, 0.2) is 0 Å². The summed E-state index contributed by atoms with van der Waals surface area (Å²) in [5.41, 5.74) is 0. The Kier molecular flexibility index (Phi) is 7.14. The average molecular weight is 140 g/mol. The van der Waals surface area contributed by atoms with Crippen molar-refractivity contribution in [2.75, 3.05) is 0 Å². The Bertz CT molecular complexity index is 63.2. The quantitative estimate of drug-likeness (QED) is 0.453. The molecule has 0 aromatic rings. The van der Waals surface area contributed by atoms with Crippen molar-refractivity contribution < 1.29 is 13.2 Å². The number of rotatable bonds is 0. The maximum absolute atomic E-state index is 10.7. The lowest BCUT2D eigenvalue weighted by atomic mass is 10.6. The van der Waals surface area contributed by atoms with Gasteiger partial charge in [0.05, 0.1) is 0 Å². The molecule has 0 N–H and O–H groups in total. The van der Waals surface area contributed by atoms with Gasteiger partial charge in [-0.1, -0.05) is 26.8 Å². The van der Waals surface area contributed by atoms with Crippen molar-refractivity contribution in [3.63, 3.8) is 0 Å². The lowest BCUT2D eigenvalue weighted by molar-refractivity contribution is -0.0795. The molecule has 0 rings (SSSR count). The molecule has 0 saturated heterocycles. The Hall–Kier alpha value is -0.470. The van der Waals surface area contributed by atoms with E-state index in [1.165, 1.54) is 6.42 Å². The Morgan fingerprint density at radius 1 is 1.33 bits per heavy atom. The second kappa shape index (κ2) is 5.66. The maximum Gasteiger partial charge on any atom is 0.409 e. The zero-order valence-corrected chi connectivity index (χ0v) is 5.63. The van der Waals surface area contributed by atoms with Crippen molar-refractivity contribution in [1.29, 1.82) is 0 Å². The van der Waals surface area contributed by atoms with Crippen LogP contribution in [0.25, 0.3) is 0 Å². The fourth-order valence-electron chi connectivity index (χ4n) is 0. The SMILES string of the molecule is C=CC(F)(F)F.CCC. The maximum atomic E-state index is 10.7. The number of allylic oxidation sites excluding steroid dienone is 1. The summed E-state index contributed by atoms with van der Waals surface area (Å²) in [5, 5.41) is 0. The third kappa shape index (κ3) is 36.0. The molecule has 56 valence electrons. The first-order chi connectivity index (χ1) is 3.97. The minimum atomic E-state index is -4.19. The molecule has 0 aliphatic heterocycles. The van der Waals surface area contributed by atoms with Gasteiger partial charge in [-0.15, -0.1) is 0 Å². The molecule has 0 bridgehead atoms. The molecule has 0 atom stereocenters. The van der Waals surface area contributed by atoms with E-state index in [9.17, 15) is 13.2 Å². The van der Waals surface area contributed by atoms with Crippen LogP contribution in [-0.2, 0) is 0 Å². The van der Waals surface area contributed by atoms with Crippen molar-refractivity contribution in [3.8, 4) is 0 Å². The third-order valence-electron chi connectivity index (χ3n) is 0.231. The van der Waals surface area contributed by atoms with Crippen molar-refractivity contribution in [2.45, 2.75) is 26.4 Å². The van der Waals surface area contributed by atoms with Gasteiger partial charge in [0.25, 0.3) is 0 Å². The Balaban J connectivity index is 0. The standard InChI is InChI=1S/C3H3F3.C3H8/c1-2-3(4,5)6;1-3-2/h2H,1H2;3H2,1-2H3. The first kappa shape index (κ1) is 11.3. The highest BCUT2D eigenvalue weighted by atomic mass is 19.4. The number of halogens is 3. The van der Waals surface area contributed by atoms with E-state index in [1.807, 2.05) is 0 Å². The van der Waals surface area contributed by atoms with E-state index in [1.54, 1.807) is 0 Å². The monoisotopic (exact) mass is 140 g/mol. The molecular weight excluding hydrogens is 129 g/mol. The van der Waals surface area contributed by atoms with Crippen LogP contribution in [0, 0.1) is 0 Å². The molecule has 0 saturated carbocycles. The van der Waals surface area contributed by atoms with Crippen LogP contribution in [0.1, 0.15) is 20.3 Å². The van der Waals surface area contributed by atoms with E-state index in [-0.39, 0.29) is 6.08 Å². The van der Waals surface area contributed by atoms with Crippen LogP contribution < -0.4 is 0 Å². The van der Waals surface area contributed by atoms with E-state index in [2.05, 4.69) is 20.4 Å². The molecule has 0 aliphatic carbocycles. The minimum Gasteiger partial charge on any atom is -0.167 e. The van der Waals surface area contributed by atoms with Crippen molar-refractivity contribution in [3.05, 3.63) is 12.7 Å². The summed E-state index contributed by atoms with van der Waals surface area (Å²) in [6, 6.07) is 0. The molecule has 0 aromatic carbocycles. The molecule has 0 nitrogen and oxygen atoms in total. The fraction of sp³-hybridized carbons (Fsp3) is 0.667. The van der Waals surface area contributed by atoms with Gasteiger partial charge >= 0.3 is 6.18 Å². The van der Waals surface area contributed by atoms with Gasteiger partial charge in [-0.25, -0.2) is 0 Å². The average Bonchev–Trinajstić information content (AvgIpc) is 1.67. The van der Waals surface area contributed by atoms with Crippen LogP contribution in [0.2, 0.25) is 0 Å². The second-order valence-corrected chi connectivity index (χ2v) is 1.45. The van der Waals surface area contributed by atoms with E-state index in [4.69, 9.17) is 0 Å². The first-order valence-corrected chi connectivity index (χ1v) is 2.68. The smallest absolute Gasteiger partial charge is 0.167 e. The predicted molar refractivity (Wildman–Crippen MR) is 32.2 cm³/mol. The largest absolute Gasteiger partial charge is 0.409 e. The summed E-state index contributed by atoms with van der Waals surface area (Å²) in [6.45, 7) is 6.76. The fourth-order valence-corrected chi connectivity index (χ4v) is 0. The number of alkyl halides is 3. The van der Waals surface area contributed by atoms with Gasteiger partial charge in [0.2, 0.25) is 0 Å².